The molecule has 2 rings (SSSR count). The number of hydrogen-bond acceptors (Lipinski definition) is 5. The molecular weight excluding hydrogens is 386 g/mol. The van der Waals surface area contributed by atoms with E-state index < -0.39 is 21.8 Å². The average molecular weight is 403 g/mol. The van der Waals surface area contributed by atoms with Crippen LogP contribution in [0.4, 0.5) is 5.69 Å². The summed E-state index contributed by atoms with van der Waals surface area (Å²) in [5.74, 6) is -1.08. The highest BCUT2D eigenvalue weighted by atomic mass is 32.2. The second-order valence-electron chi connectivity index (χ2n) is 5.37. The van der Waals surface area contributed by atoms with Gasteiger partial charge in [0.2, 0.25) is 11.8 Å². The van der Waals surface area contributed by atoms with Gasteiger partial charge in [-0.3, -0.25) is 14.9 Å². The molecule has 0 aliphatic carbocycles. The molecule has 27 heavy (non-hydrogen) atoms. The number of hydrogen-bond donors (Lipinski definition) is 3. The van der Waals surface area contributed by atoms with Gasteiger partial charge >= 0.3 is 0 Å². The van der Waals surface area contributed by atoms with E-state index in [1.165, 1.54) is 30.3 Å². The van der Waals surface area contributed by atoms with Gasteiger partial charge in [0.1, 0.15) is 0 Å². The van der Waals surface area contributed by atoms with E-state index in [1.807, 2.05) is 35.1 Å². The number of carbonyl (C=O) groups is 2. The van der Waals surface area contributed by atoms with Crippen LogP contribution >= 0.6 is 12.2 Å². The summed E-state index contributed by atoms with van der Waals surface area (Å²) < 4.78 is 25.6. The highest BCUT2D eigenvalue weighted by Crippen LogP contribution is 2.14. The summed E-state index contributed by atoms with van der Waals surface area (Å²) in [5, 5.41) is 5.33. The van der Waals surface area contributed by atoms with Gasteiger partial charge in [-0.25, -0.2) is 13.1 Å². The van der Waals surface area contributed by atoms with Gasteiger partial charge in [0.25, 0.3) is 10.0 Å². The summed E-state index contributed by atoms with van der Waals surface area (Å²) in [6.07, 6.45) is 3.01. The van der Waals surface area contributed by atoms with E-state index in [1.54, 1.807) is 6.08 Å². The molecule has 0 atom stereocenters. The number of thiocarbonyl (C=S) groups is 1. The fourth-order valence-corrected chi connectivity index (χ4v) is 3.23. The lowest BCUT2D eigenvalue weighted by Crippen LogP contribution is -2.32. The molecule has 7 nitrogen and oxygen atoms in total. The molecule has 3 N–H and O–H groups in total. The lowest BCUT2D eigenvalue weighted by Gasteiger charge is -2.09. The van der Waals surface area contributed by atoms with E-state index in [4.69, 9.17) is 12.2 Å². The molecule has 2 aromatic carbocycles. The number of benzene rings is 2. The van der Waals surface area contributed by atoms with Crippen LogP contribution in [0.1, 0.15) is 12.5 Å². The maximum atomic E-state index is 11.9. The van der Waals surface area contributed by atoms with Crippen molar-refractivity contribution in [3.05, 3.63) is 66.2 Å². The minimum absolute atomic E-state index is 0.0650. The highest BCUT2D eigenvalue weighted by Gasteiger charge is 2.15. The minimum Gasteiger partial charge on any atom is -0.332 e. The molecule has 0 aliphatic rings. The Kier molecular flexibility index (Phi) is 6.80. The molecule has 9 heteroatoms. The van der Waals surface area contributed by atoms with Crippen molar-refractivity contribution >= 4 is 50.9 Å². The molecule has 0 aliphatic heterocycles. The second kappa shape index (κ2) is 9.06. The molecule has 0 fully saturated rings. The standard InChI is InChI=1S/C18H17N3O4S2/c1-13(22)21-27(24,25)16-10-8-15(9-11-16)19-18(26)20-17(23)12-7-14-5-3-2-4-6-14/h2-12H,1H3,(H,21,22)(H2,19,20,23,26)/b12-7+. The summed E-state index contributed by atoms with van der Waals surface area (Å²) in [7, 11) is -3.90. The largest absolute Gasteiger partial charge is 0.332 e. The SMILES string of the molecule is CC(=O)NS(=O)(=O)c1ccc(NC(=S)NC(=O)/C=C/c2ccccc2)cc1. The Morgan fingerprint density at radius 1 is 1.00 bits per heavy atom. The van der Waals surface area contributed by atoms with Gasteiger partial charge in [-0.05, 0) is 48.1 Å². The predicted octanol–water partition coefficient (Wildman–Crippen LogP) is 2.04. The minimum atomic E-state index is -3.90. The Hall–Kier alpha value is -3.04. The molecule has 0 spiro atoms. The number of sulfonamides is 1. The summed E-state index contributed by atoms with van der Waals surface area (Å²) in [6.45, 7) is 1.11. The van der Waals surface area contributed by atoms with Crippen LogP contribution in [0.25, 0.3) is 6.08 Å². The van der Waals surface area contributed by atoms with Crippen LogP contribution in [0.3, 0.4) is 0 Å². The van der Waals surface area contributed by atoms with Crippen LogP contribution in [-0.4, -0.2) is 25.3 Å². The van der Waals surface area contributed by atoms with E-state index in [0.717, 1.165) is 12.5 Å². The zero-order valence-electron chi connectivity index (χ0n) is 14.3. The van der Waals surface area contributed by atoms with E-state index >= 15 is 0 Å². The molecule has 2 amide bonds. The number of rotatable bonds is 5. The third-order valence-electron chi connectivity index (χ3n) is 3.16. The summed E-state index contributed by atoms with van der Waals surface area (Å²) >= 11 is 5.05. The molecule has 140 valence electrons. The first-order valence-electron chi connectivity index (χ1n) is 7.75. The third kappa shape index (κ3) is 6.65. The second-order valence-corrected chi connectivity index (χ2v) is 7.46. The van der Waals surface area contributed by atoms with E-state index in [-0.39, 0.29) is 10.0 Å². The van der Waals surface area contributed by atoms with E-state index in [2.05, 4.69) is 10.6 Å². The monoisotopic (exact) mass is 403 g/mol. The van der Waals surface area contributed by atoms with Gasteiger partial charge in [-0.15, -0.1) is 0 Å². The van der Waals surface area contributed by atoms with Crippen molar-refractivity contribution in [2.45, 2.75) is 11.8 Å². The van der Waals surface area contributed by atoms with Gasteiger partial charge in [0.05, 0.1) is 4.90 Å². The van der Waals surface area contributed by atoms with Crippen molar-refractivity contribution in [1.82, 2.24) is 10.0 Å². The van der Waals surface area contributed by atoms with Crippen LogP contribution < -0.4 is 15.4 Å². The third-order valence-corrected chi connectivity index (χ3v) is 4.82. The van der Waals surface area contributed by atoms with Crippen LogP contribution in [-0.2, 0) is 19.6 Å². The molecule has 0 unspecified atom stereocenters. The fourth-order valence-electron chi connectivity index (χ4n) is 2.02. The first-order chi connectivity index (χ1) is 12.8. The van der Waals surface area contributed by atoms with Crippen LogP contribution in [0.5, 0.6) is 0 Å². The fraction of sp³-hybridized carbons (Fsp3) is 0.0556. The zero-order chi connectivity index (χ0) is 19.9. The van der Waals surface area contributed by atoms with Crippen molar-refractivity contribution in [1.29, 1.82) is 0 Å². The Labute approximate surface area is 162 Å². The van der Waals surface area contributed by atoms with Gasteiger partial charge in [0.15, 0.2) is 5.11 Å². The highest BCUT2D eigenvalue weighted by molar-refractivity contribution is 7.90. The first kappa shape index (κ1) is 20.3. The average Bonchev–Trinajstić information content (AvgIpc) is 2.60. The van der Waals surface area contributed by atoms with Crippen LogP contribution in [0.15, 0.2) is 65.6 Å². The van der Waals surface area contributed by atoms with Crippen LogP contribution in [0.2, 0.25) is 0 Å². The maximum Gasteiger partial charge on any atom is 0.264 e. The van der Waals surface area contributed by atoms with Crippen LogP contribution in [0, 0.1) is 0 Å². The summed E-state index contributed by atoms with van der Waals surface area (Å²) in [5.41, 5.74) is 1.36. The molecule has 0 aromatic heterocycles. The molecule has 0 saturated carbocycles. The molecule has 0 heterocycles. The topological polar surface area (TPSA) is 104 Å². The molecule has 0 radical (unpaired) electrons. The zero-order valence-corrected chi connectivity index (χ0v) is 15.9. The Bertz CT molecular complexity index is 969. The van der Waals surface area contributed by atoms with Gasteiger partial charge in [0, 0.05) is 18.7 Å². The van der Waals surface area contributed by atoms with Gasteiger partial charge < -0.3 is 5.32 Å². The quantitative estimate of drug-likeness (QED) is 0.521. The number of amides is 2. The van der Waals surface area contributed by atoms with Crippen molar-refractivity contribution in [3.63, 3.8) is 0 Å². The van der Waals surface area contributed by atoms with Gasteiger partial charge in [-0.2, -0.15) is 0 Å². The Balaban J connectivity index is 1.93. The van der Waals surface area contributed by atoms with E-state index in [9.17, 15) is 18.0 Å². The van der Waals surface area contributed by atoms with Gasteiger partial charge in [-0.1, -0.05) is 30.3 Å². The Morgan fingerprint density at radius 2 is 1.63 bits per heavy atom. The number of anilines is 1. The van der Waals surface area contributed by atoms with Crippen molar-refractivity contribution in [3.8, 4) is 0 Å². The van der Waals surface area contributed by atoms with Crippen molar-refractivity contribution in [2.75, 3.05) is 5.32 Å². The number of carbonyl (C=O) groups excluding carboxylic acids is 2. The first-order valence-corrected chi connectivity index (χ1v) is 9.64. The normalized spacial score (nSPS) is 11.0. The number of nitrogens with one attached hydrogen (secondary N) is 3. The van der Waals surface area contributed by atoms with Crippen molar-refractivity contribution < 1.29 is 18.0 Å². The lowest BCUT2D eigenvalue weighted by molar-refractivity contribution is -0.117. The van der Waals surface area contributed by atoms with Crippen molar-refractivity contribution in [2.24, 2.45) is 0 Å². The molecule has 0 saturated heterocycles. The van der Waals surface area contributed by atoms with E-state index in [0.29, 0.717) is 5.69 Å². The summed E-state index contributed by atoms with van der Waals surface area (Å²) in [6, 6.07) is 14.9. The molecule has 2 aromatic rings. The Morgan fingerprint density at radius 3 is 2.22 bits per heavy atom. The molecular formula is C18H17N3O4S2. The predicted molar refractivity (Wildman–Crippen MR) is 107 cm³/mol. The maximum absolute atomic E-state index is 11.9. The molecule has 0 bridgehead atoms. The lowest BCUT2D eigenvalue weighted by atomic mass is 10.2. The smallest absolute Gasteiger partial charge is 0.264 e. The summed E-state index contributed by atoms with van der Waals surface area (Å²) in [4.78, 5) is 22.7.